The number of carbonyl (C=O) groups excluding carboxylic acids is 2. The molecule has 0 saturated carbocycles. The zero-order valence-corrected chi connectivity index (χ0v) is 17.8. The Kier molecular flexibility index (Phi) is 7.71. The fourth-order valence-corrected chi connectivity index (χ4v) is 3.72. The second-order valence-electron chi connectivity index (χ2n) is 7.56. The number of rotatable bonds is 10. The maximum absolute atomic E-state index is 12.6. The van der Waals surface area contributed by atoms with E-state index in [4.69, 9.17) is 4.74 Å². The van der Waals surface area contributed by atoms with Crippen LogP contribution in [0.1, 0.15) is 26.2 Å². The van der Waals surface area contributed by atoms with Crippen LogP contribution in [0.2, 0.25) is 0 Å². The van der Waals surface area contributed by atoms with Crippen molar-refractivity contribution < 1.29 is 14.3 Å². The normalized spacial score (nSPS) is 15.9. The predicted molar refractivity (Wildman–Crippen MR) is 120 cm³/mol. The van der Waals surface area contributed by atoms with Crippen molar-refractivity contribution in [3.05, 3.63) is 54.6 Å². The molecule has 30 heavy (non-hydrogen) atoms. The third-order valence-corrected chi connectivity index (χ3v) is 5.37. The molecule has 1 aliphatic heterocycles. The van der Waals surface area contributed by atoms with Crippen molar-refractivity contribution in [2.75, 3.05) is 43.1 Å². The minimum atomic E-state index is -0.320. The largest absolute Gasteiger partial charge is 0.492 e. The third kappa shape index (κ3) is 5.53. The molecular formula is C24H31N3O3. The molecule has 1 aliphatic rings. The molecule has 2 amide bonds. The van der Waals surface area contributed by atoms with Crippen LogP contribution < -0.4 is 19.9 Å². The molecular weight excluding hydrogens is 378 g/mol. The molecule has 6 nitrogen and oxygen atoms in total. The van der Waals surface area contributed by atoms with Gasteiger partial charge in [-0.05, 0) is 44.0 Å². The van der Waals surface area contributed by atoms with Crippen molar-refractivity contribution >= 4 is 23.2 Å². The van der Waals surface area contributed by atoms with E-state index in [0.29, 0.717) is 25.4 Å². The zero-order valence-electron chi connectivity index (χ0n) is 17.8. The van der Waals surface area contributed by atoms with E-state index in [1.165, 1.54) is 5.69 Å². The van der Waals surface area contributed by atoms with Crippen LogP contribution in [-0.4, -0.2) is 45.1 Å². The van der Waals surface area contributed by atoms with E-state index in [1.54, 1.807) is 4.90 Å². The first-order valence-electron chi connectivity index (χ1n) is 10.7. The van der Waals surface area contributed by atoms with Crippen molar-refractivity contribution in [2.45, 2.75) is 26.2 Å². The highest BCUT2D eigenvalue weighted by atomic mass is 16.5. The number of unbranched alkanes of at least 4 members (excludes halogenated alkanes) is 1. The molecule has 0 aromatic heterocycles. The lowest BCUT2D eigenvalue weighted by atomic mass is 10.1. The van der Waals surface area contributed by atoms with E-state index in [2.05, 4.69) is 29.4 Å². The number of nitrogens with zero attached hydrogens (tertiary/aromatic N) is 2. The Morgan fingerprint density at radius 3 is 2.63 bits per heavy atom. The van der Waals surface area contributed by atoms with Crippen LogP contribution in [0.15, 0.2) is 54.6 Å². The van der Waals surface area contributed by atoms with E-state index in [9.17, 15) is 9.59 Å². The SMILES string of the molecule is CCOc1ccccc1N1CC(C(=O)NCCCCN(C)c2ccccc2)CC1=O. The Hall–Kier alpha value is -3.02. The molecule has 0 radical (unpaired) electrons. The van der Waals surface area contributed by atoms with E-state index in [1.807, 2.05) is 49.4 Å². The third-order valence-electron chi connectivity index (χ3n) is 5.37. The van der Waals surface area contributed by atoms with E-state index in [0.717, 1.165) is 25.1 Å². The Morgan fingerprint density at radius 2 is 1.87 bits per heavy atom. The summed E-state index contributed by atoms with van der Waals surface area (Å²) in [5, 5.41) is 3.00. The molecule has 3 rings (SSSR count). The Morgan fingerprint density at radius 1 is 1.13 bits per heavy atom. The molecule has 1 N–H and O–H groups in total. The first kappa shape index (κ1) is 21.7. The number of amides is 2. The number of hydrogen-bond donors (Lipinski definition) is 1. The molecule has 2 aromatic carbocycles. The average molecular weight is 410 g/mol. The second-order valence-corrected chi connectivity index (χ2v) is 7.56. The van der Waals surface area contributed by atoms with Gasteiger partial charge in [0.25, 0.3) is 0 Å². The highest BCUT2D eigenvalue weighted by Crippen LogP contribution is 2.33. The molecule has 0 aliphatic carbocycles. The zero-order chi connectivity index (χ0) is 21.3. The summed E-state index contributed by atoms with van der Waals surface area (Å²) in [7, 11) is 2.08. The van der Waals surface area contributed by atoms with Crippen LogP contribution in [0.4, 0.5) is 11.4 Å². The van der Waals surface area contributed by atoms with Crippen LogP contribution in [0, 0.1) is 5.92 Å². The molecule has 1 unspecified atom stereocenters. The first-order valence-corrected chi connectivity index (χ1v) is 10.7. The van der Waals surface area contributed by atoms with Gasteiger partial charge in [0.1, 0.15) is 5.75 Å². The summed E-state index contributed by atoms with van der Waals surface area (Å²) in [5.74, 6) is 0.277. The number of benzene rings is 2. The summed E-state index contributed by atoms with van der Waals surface area (Å²) < 4.78 is 5.64. The van der Waals surface area contributed by atoms with Gasteiger partial charge >= 0.3 is 0 Å². The van der Waals surface area contributed by atoms with Gasteiger partial charge in [-0.1, -0.05) is 30.3 Å². The standard InChI is InChI=1S/C24H31N3O3/c1-3-30-22-14-8-7-13-21(22)27-18-19(17-23(27)28)24(29)25-15-9-10-16-26(2)20-11-5-4-6-12-20/h4-8,11-14,19H,3,9-10,15-18H2,1-2H3,(H,25,29). The highest BCUT2D eigenvalue weighted by Gasteiger charge is 2.36. The molecule has 160 valence electrons. The summed E-state index contributed by atoms with van der Waals surface area (Å²) >= 11 is 0. The maximum atomic E-state index is 12.6. The lowest BCUT2D eigenvalue weighted by Crippen LogP contribution is -2.34. The van der Waals surface area contributed by atoms with Crippen molar-refractivity contribution in [1.82, 2.24) is 5.32 Å². The van der Waals surface area contributed by atoms with Gasteiger partial charge in [-0.2, -0.15) is 0 Å². The van der Waals surface area contributed by atoms with Crippen LogP contribution in [0.5, 0.6) is 5.75 Å². The number of carbonyl (C=O) groups is 2. The Bertz CT molecular complexity index is 841. The Balaban J connectivity index is 1.43. The van der Waals surface area contributed by atoms with Gasteiger partial charge in [0.2, 0.25) is 11.8 Å². The molecule has 1 atom stereocenters. The maximum Gasteiger partial charge on any atom is 0.227 e. The van der Waals surface area contributed by atoms with Crippen LogP contribution in [0.25, 0.3) is 0 Å². The summed E-state index contributed by atoms with van der Waals surface area (Å²) in [4.78, 5) is 29.0. The monoisotopic (exact) mass is 409 g/mol. The average Bonchev–Trinajstić information content (AvgIpc) is 3.16. The van der Waals surface area contributed by atoms with Gasteiger partial charge in [-0.3, -0.25) is 9.59 Å². The Labute approximate surface area is 178 Å². The highest BCUT2D eigenvalue weighted by molar-refractivity contribution is 6.01. The molecule has 1 heterocycles. The number of nitrogens with one attached hydrogen (secondary N) is 1. The van der Waals surface area contributed by atoms with Gasteiger partial charge in [0, 0.05) is 38.8 Å². The van der Waals surface area contributed by atoms with Crippen LogP contribution in [-0.2, 0) is 9.59 Å². The summed E-state index contributed by atoms with van der Waals surface area (Å²) in [6.45, 7) is 4.40. The quantitative estimate of drug-likeness (QED) is 0.611. The summed E-state index contributed by atoms with van der Waals surface area (Å²) in [6, 6.07) is 17.7. The fraction of sp³-hybridized carbons (Fsp3) is 0.417. The van der Waals surface area contributed by atoms with Gasteiger partial charge in [0.05, 0.1) is 18.2 Å². The number of hydrogen-bond acceptors (Lipinski definition) is 4. The number of ether oxygens (including phenoxy) is 1. The van der Waals surface area contributed by atoms with Crippen molar-refractivity contribution in [3.8, 4) is 5.75 Å². The summed E-state index contributed by atoms with van der Waals surface area (Å²) in [6.07, 6.45) is 2.13. The lowest BCUT2D eigenvalue weighted by molar-refractivity contribution is -0.126. The van der Waals surface area contributed by atoms with Crippen molar-refractivity contribution in [3.63, 3.8) is 0 Å². The predicted octanol–water partition coefficient (Wildman–Crippen LogP) is 3.47. The van der Waals surface area contributed by atoms with Gasteiger partial charge in [-0.15, -0.1) is 0 Å². The number of anilines is 2. The minimum absolute atomic E-state index is 0.0354. The lowest BCUT2D eigenvalue weighted by Gasteiger charge is -2.20. The molecule has 1 fully saturated rings. The minimum Gasteiger partial charge on any atom is -0.492 e. The molecule has 0 spiro atoms. The molecule has 2 aromatic rings. The van der Waals surface area contributed by atoms with E-state index < -0.39 is 0 Å². The fourth-order valence-electron chi connectivity index (χ4n) is 3.72. The smallest absolute Gasteiger partial charge is 0.227 e. The van der Waals surface area contributed by atoms with Crippen LogP contribution in [0.3, 0.4) is 0 Å². The topological polar surface area (TPSA) is 61.9 Å². The van der Waals surface area contributed by atoms with E-state index in [-0.39, 0.29) is 24.2 Å². The van der Waals surface area contributed by atoms with Gasteiger partial charge in [0.15, 0.2) is 0 Å². The summed E-state index contributed by atoms with van der Waals surface area (Å²) in [5.41, 5.74) is 1.93. The molecule has 6 heteroatoms. The second kappa shape index (κ2) is 10.7. The molecule has 0 bridgehead atoms. The van der Waals surface area contributed by atoms with E-state index >= 15 is 0 Å². The van der Waals surface area contributed by atoms with Gasteiger partial charge < -0.3 is 19.9 Å². The van der Waals surface area contributed by atoms with Crippen molar-refractivity contribution in [1.29, 1.82) is 0 Å². The van der Waals surface area contributed by atoms with Gasteiger partial charge in [-0.25, -0.2) is 0 Å². The molecule has 1 saturated heterocycles. The van der Waals surface area contributed by atoms with Crippen LogP contribution >= 0.6 is 0 Å². The van der Waals surface area contributed by atoms with Crippen molar-refractivity contribution in [2.24, 2.45) is 5.92 Å². The number of para-hydroxylation sites is 3. The first-order chi connectivity index (χ1) is 14.6.